The van der Waals surface area contributed by atoms with Gasteiger partial charge in [0.2, 0.25) is 0 Å². The molecule has 0 N–H and O–H groups in total. The maximum atomic E-state index is 2.51. The first-order valence-corrected chi connectivity index (χ1v) is 30.3. The van der Waals surface area contributed by atoms with E-state index in [1.54, 1.807) is 31.7 Å². The average molecular weight is 775 g/mol. The van der Waals surface area contributed by atoms with Gasteiger partial charge in [-0.25, -0.2) is 0 Å². The Labute approximate surface area is 349 Å². The van der Waals surface area contributed by atoms with Gasteiger partial charge in [-0.2, -0.15) is 0 Å². The predicted octanol–water partition coefficient (Wildman–Crippen LogP) is 18.6. The monoisotopic (exact) mass is 775 g/mol. The summed E-state index contributed by atoms with van der Waals surface area (Å²) >= 11 is -1.38. The van der Waals surface area contributed by atoms with Crippen molar-refractivity contribution >= 4 is 28.3 Å². The molecular weight excluding hydrogens is 667 g/mol. The van der Waals surface area contributed by atoms with E-state index < -0.39 is 28.3 Å². The normalized spacial score (nSPS) is 17.2. The van der Waals surface area contributed by atoms with E-state index in [0.717, 1.165) is 71.0 Å². The first-order valence-electron chi connectivity index (χ1n) is 25.4. The third kappa shape index (κ3) is 22.1. The largest absolute Gasteiger partial charge is 0.262 e. The summed E-state index contributed by atoms with van der Waals surface area (Å²) in [5, 5.41) is 9.75. The summed E-state index contributed by atoms with van der Waals surface area (Å²) in [4.78, 5) is 0. The van der Waals surface area contributed by atoms with Crippen LogP contribution < -0.4 is 0 Å². The van der Waals surface area contributed by atoms with Gasteiger partial charge in [0.25, 0.3) is 28.3 Å². The average Bonchev–Trinajstić information content (AvgIpc) is 3.19. The quantitative estimate of drug-likeness (QED) is 0.0583. The molecule has 53 heavy (non-hydrogen) atoms. The Morgan fingerprint density at radius 1 is 0.208 bits per heavy atom. The molecule has 318 valence electrons. The Bertz CT molecular complexity index is 654. The van der Waals surface area contributed by atoms with Crippen molar-refractivity contribution in [2.75, 3.05) is 0 Å². The molecule has 0 saturated carbocycles. The zero-order valence-corrected chi connectivity index (χ0v) is 43.2. The fraction of sp³-hybridized carbons (Fsp3) is 1.00. The van der Waals surface area contributed by atoms with E-state index in [2.05, 4.69) is 125 Å². The van der Waals surface area contributed by atoms with Crippen LogP contribution in [-0.4, -0.2) is 28.3 Å². The van der Waals surface area contributed by atoms with Gasteiger partial charge in [0.1, 0.15) is 0 Å². The standard InChI is InChI=1S/3C9H19.3C8H17.2Al/c3*1-5-8(4)9(6-2)7-3;3*1-5-7(3)8(4)6-2;;/h3*8-9H,4-7H2,1-3H3;3*7-8H,3,5-6H2,1-2,4H3;;. The van der Waals surface area contributed by atoms with Gasteiger partial charge in [-0.05, 0) is 35.5 Å². The molecule has 9 atom stereocenters. The number of hydrogen-bond acceptors (Lipinski definition) is 0. The fourth-order valence-electron chi connectivity index (χ4n) is 11.5. The Kier molecular flexibility index (Phi) is 37.1. The number of rotatable bonds is 33. The number of hydrogen-bond donors (Lipinski definition) is 0. The predicted molar refractivity (Wildman–Crippen MR) is 254 cm³/mol. The maximum absolute atomic E-state index is 2.51. The summed E-state index contributed by atoms with van der Waals surface area (Å²) < 4.78 is 0. The minimum Gasteiger partial charge on any atom is -0.0908 e. The highest BCUT2D eigenvalue weighted by Gasteiger charge is 2.33. The third-order valence-corrected chi connectivity index (χ3v) is 24.1. The molecule has 2 heteroatoms. The Morgan fingerprint density at radius 2 is 0.358 bits per heavy atom. The molecule has 0 fully saturated rings. The lowest BCUT2D eigenvalue weighted by Crippen LogP contribution is -2.30. The van der Waals surface area contributed by atoms with Gasteiger partial charge in [0.15, 0.2) is 0 Å². The van der Waals surface area contributed by atoms with Gasteiger partial charge in [0, 0.05) is 0 Å². The molecule has 0 rings (SSSR count). The van der Waals surface area contributed by atoms with Gasteiger partial charge in [-0.15, -0.1) is 0 Å². The molecule has 0 aromatic heterocycles. The molecule has 0 aliphatic rings. The van der Waals surface area contributed by atoms with Crippen molar-refractivity contribution in [1.82, 2.24) is 0 Å². The second kappa shape index (κ2) is 35.0. The van der Waals surface area contributed by atoms with E-state index in [1.807, 2.05) is 0 Å². The van der Waals surface area contributed by atoms with Crippen LogP contribution in [0.3, 0.4) is 0 Å². The molecule has 0 heterocycles. The summed E-state index contributed by atoms with van der Waals surface area (Å²) in [5.74, 6) is 11.7. The van der Waals surface area contributed by atoms with Crippen LogP contribution in [0.25, 0.3) is 0 Å². The summed E-state index contributed by atoms with van der Waals surface area (Å²) in [6.45, 7) is 44.1. The van der Waals surface area contributed by atoms with Gasteiger partial charge in [0.05, 0.1) is 0 Å². The van der Waals surface area contributed by atoms with Crippen molar-refractivity contribution < 1.29 is 0 Å². The molecule has 0 radical (unpaired) electrons. The fourth-order valence-corrected chi connectivity index (χ4v) is 22.3. The van der Waals surface area contributed by atoms with Crippen molar-refractivity contribution in [3.63, 3.8) is 0 Å². The SMILES string of the molecule is CCC(C)C(CC)[CH2][Al]([CH2]C(CC)C(C)CC)[CH2]C(CC)C(C)CC.CCC(CC)C(CC)[CH2][Al]([CH2]C(CC)C(CC)CC)[CH2]C(CC)C(CC)CC. The minimum atomic E-state index is -0.712. The van der Waals surface area contributed by atoms with Crippen molar-refractivity contribution in [1.29, 1.82) is 0 Å². The van der Waals surface area contributed by atoms with Gasteiger partial charge in [-0.1, -0.05) is 288 Å². The van der Waals surface area contributed by atoms with E-state index >= 15 is 0 Å². The van der Waals surface area contributed by atoms with E-state index in [0.29, 0.717) is 0 Å². The lowest BCUT2D eigenvalue weighted by molar-refractivity contribution is 0.303. The van der Waals surface area contributed by atoms with Crippen LogP contribution in [-0.2, 0) is 0 Å². The Hall–Kier alpha value is 1.06. The smallest absolute Gasteiger partial charge is 0.0908 e. The van der Waals surface area contributed by atoms with Crippen LogP contribution in [0.5, 0.6) is 0 Å². The maximum Gasteiger partial charge on any atom is 0.262 e. The molecule has 0 amide bonds. The van der Waals surface area contributed by atoms with Crippen LogP contribution in [0.4, 0.5) is 0 Å². The molecule has 0 saturated heterocycles. The first-order chi connectivity index (χ1) is 25.4. The summed E-state index contributed by atoms with van der Waals surface area (Å²) in [6.07, 6.45) is 20.9. The topological polar surface area (TPSA) is 0 Å². The second-order valence-corrected chi connectivity index (χ2v) is 25.3. The van der Waals surface area contributed by atoms with Crippen LogP contribution in [0.1, 0.15) is 221 Å². The summed E-state index contributed by atoms with van der Waals surface area (Å²) in [7, 11) is 0. The molecule has 0 nitrogen and oxygen atoms in total. The molecule has 0 aromatic carbocycles. The van der Waals surface area contributed by atoms with Gasteiger partial charge < -0.3 is 0 Å². The van der Waals surface area contributed by atoms with Crippen LogP contribution in [0, 0.1) is 71.0 Å². The molecule has 0 aliphatic carbocycles. The molecule has 9 unspecified atom stereocenters. The van der Waals surface area contributed by atoms with Crippen LogP contribution in [0.15, 0.2) is 0 Å². The Morgan fingerprint density at radius 3 is 0.491 bits per heavy atom. The van der Waals surface area contributed by atoms with E-state index in [-0.39, 0.29) is 0 Å². The van der Waals surface area contributed by atoms with Crippen LogP contribution in [0.2, 0.25) is 31.7 Å². The van der Waals surface area contributed by atoms with Crippen molar-refractivity contribution in [3.05, 3.63) is 0 Å². The van der Waals surface area contributed by atoms with Gasteiger partial charge in [-0.3, -0.25) is 0 Å². The van der Waals surface area contributed by atoms with Crippen molar-refractivity contribution in [2.24, 2.45) is 71.0 Å². The third-order valence-electron chi connectivity index (χ3n) is 16.5. The molecular formula is C51H108Al2. The summed E-state index contributed by atoms with van der Waals surface area (Å²) in [5.41, 5.74) is 0. The molecule has 0 bridgehead atoms. The lowest BCUT2D eigenvalue weighted by Gasteiger charge is -2.33. The Balaban J connectivity index is 0. The zero-order chi connectivity index (χ0) is 40.9. The molecule has 0 aliphatic heterocycles. The highest BCUT2D eigenvalue weighted by Crippen LogP contribution is 2.38. The minimum absolute atomic E-state index is 0.671. The van der Waals surface area contributed by atoms with Crippen molar-refractivity contribution in [2.45, 2.75) is 253 Å². The lowest BCUT2D eigenvalue weighted by atomic mass is 9.87. The van der Waals surface area contributed by atoms with E-state index in [4.69, 9.17) is 0 Å². The highest BCUT2D eigenvalue weighted by atomic mass is 27.2. The molecule has 0 spiro atoms. The zero-order valence-electron chi connectivity index (χ0n) is 40.9. The van der Waals surface area contributed by atoms with E-state index in [9.17, 15) is 0 Å². The van der Waals surface area contributed by atoms with Gasteiger partial charge >= 0.3 is 0 Å². The van der Waals surface area contributed by atoms with Crippen molar-refractivity contribution in [3.8, 4) is 0 Å². The highest BCUT2D eigenvalue weighted by molar-refractivity contribution is 6.59. The molecule has 0 aromatic rings. The second-order valence-electron chi connectivity index (χ2n) is 19.0. The summed E-state index contributed by atoms with van der Waals surface area (Å²) in [6, 6.07) is 0. The van der Waals surface area contributed by atoms with Crippen LogP contribution >= 0.6 is 0 Å². The van der Waals surface area contributed by atoms with E-state index in [1.165, 1.54) is 96.3 Å². The first kappa shape index (κ1) is 56.2.